The number of nitrogens with zero attached hydrogens (tertiary/aromatic N) is 1. The zero-order valence-corrected chi connectivity index (χ0v) is 9.54. The van der Waals surface area contributed by atoms with Gasteiger partial charge in [-0.05, 0) is 20.0 Å². The van der Waals surface area contributed by atoms with Gasteiger partial charge in [0.15, 0.2) is 0 Å². The van der Waals surface area contributed by atoms with Gasteiger partial charge in [-0.15, -0.1) is 0 Å². The van der Waals surface area contributed by atoms with Crippen molar-refractivity contribution in [1.82, 2.24) is 10.2 Å². The molecule has 0 aromatic rings. The van der Waals surface area contributed by atoms with Crippen molar-refractivity contribution in [2.75, 3.05) is 39.9 Å². The molecule has 4 heteroatoms. The van der Waals surface area contributed by atoms with Gasteiger partial charge in [0.25, 0.3) is 0 Å². The lowest BCUT2D eigenvalue weighted by Crippen LogP contribution is -2.49. The van der Waals surface area contributed by atoms with E-state index in [-0.39, 0.29) is 0 Å². The molecule has 0 spiro atoms. The molecule has 0 aromatic heterocycles. The van der Waals surface area contributed by atoms with Gasteiger partial charge in [-0.2, -0.15) is 0 Å². The molecule has 0 radical (unpaired) electrons. The van der Waals surface area contributed by atoms with E-state index in [9.17, 15) is 5.11 Å². The number of hydrogen-bond acceptors (Lipinski definition) is 4. The van der Waals surface area contributed by atoms with Crippen molar-refractivity contribution >= 4 is 0 Å². The van der Waals surface area contributed by atoms with Crippen molar-refractivity contribution in [3.63, 3.8) is 0 Å². The summed E-state index contributed by atoms with van der Waals surface area (Å²) < 4.78 is 5.28. The Morgan fingerprint density at radius 1 is 1.47 bits per heavy atom. The molecular weight excluding hydrogens is 192 g/mol. The first-order valence-corrected chi connectivity index (χ1v) is 5.91. The summed E-state index contributed by atoms with van der Waals surface area (Å²) in [5.41, 5.74) is -0.518. The van der Waals surface area contributed by atoms with E-state index >= 15 is 0 Å². The van der Waals surface area contributed by atoms with Crippen LogP contribution in [0.2, 0.25) is 0 Å². The van der Waals surface area contributed by atoms with Crippen LogP contribution in [0.25, 0.3) is 0 Å². The summed E-state index contributed by atoms with van der Waals surface area (Å²) in [5, 5.41) is 13.7. The molecule has 2 aliphatic rings. The Morgan fingerprint density at radius 2 is 2.20 bits per heavy atom. The Kier molecular flexibility index (Phi) is 3.61. The summed E-state index contributed by atoms with van der Waals surface area (Å²) in [4.78, 5) is 2.30. The number of likely N-dealkylation sites (N-methyl/N-ethyl adjacent to an activating group) is 1. The predicted molar refractivity (Wildman–Crippen MR) is 58.9 cm³/mol. The van der Waals surface area contributed by atoms with Crippen molar-refractivity contribution in [2.24, 2.45) is 0 Å². The third kappa shape index (κ3) is 2.91. The highest BCUT2D eigenvalue weighted by atomic mass is 16.5. The Labute approximate surface area is 91.6 Å². The van der Waals surface area contributed by atoms with E-state index in [0.29, 0.717) is 19.3 Å². The van der Waals surface area contributed by atoms with Gasteiger partial charge in [-0.3, -0.25) is 4.90 Å². The van der Waals surface area contributed by atoms with Crippen LogP contribution >= 0.6 is 0 Å². The van der Waals surface area contributed by atoms with Crippen LogP contribution in [0.1, 0.15) is 19.3 Å². The number of hydrogen-bond donors (Lipinski definition) is 2. The number of ether oxygens (including phenoxy) is 1. The molecular formula is C11H22N2O2. The molecule has 1 unspecified atom stereocenters. The zero-order valence-electron chi connectivity index (χ0n) is 9.54. The third-order valence-corrected chi connectivity index (χ3v) is 3.62. The van der Waals surface area contributed by atoms with Gasteiger partial charge in [0.05, 0.1) is 5.60 Å². The summed E-state index contributed by atoms with van der Waals surface area (Å²) in [6, 6.07) is 0.594. The summed E-state index contributed by atoms with van der Waals surface area (Å²) in [6.45, 7) is 4.35. The smallest absolute Gasteiger partial charge is 0.0817 e. The van der Waals surface area contributed by atoms with Crippen LogP contribution in [-0.4, -0.2) is 61.5 Å². The summed E-state index contributed by atoms with van der Waals surface area (Å²) in [7, 11) is 2.12. The molecule has 2 heterocycles. The van der Waals surface area contributed by atoms with E-state index in [0.717, 1.165) is 32.5 Å². The second-order valence-electron chi connectivity index (χ2n) is 4.90. The van der Waals surface area contributed by atoms with E-state index in [1.165, 1.54) is 6.42 Å². The standard InChI is InChI=1S/C11H22N2O2/c1-13(10-2-5-12-8-10)9-11(14)3-6-15-7-4-11/h10,12,14H,2-9H2,1H3. The fourth-order valence-electron chi connectivity index (χ4n) is 2.52. The van der Waals surface area contributed by atoms with Crippen LogP contribution < -0.4 is 5.32 Å². The fraction of sp³-hybridized carbons (Fsp3) is 1.00. The predicted octanol–water partition coefficient (Wildman–Crippen LogP) is -0.178. The average molecular weight is 214 g/mol. The third-order valence-electron chi connectivity index (χ3n) is 3.62. The zero-order chi connectivity index (χ0) is 10.7. The summed E-state index contributed by atoms with van der Waals surface area (Å²) >= 11 is 0. The molecule has 1 atom stereocenters. The molecule has 2 fully saturated rings. The van der Waals surface area contributed by atoms with Crippen LogP contribution in [0.5, 0.6) is 0 Å². The van der Waals surface area contributed by atoms with Crippen molar-refractivity contribution in [3.05, 3.63) is 0 Å². The van der Waals surface area contributed by atoms with Crippen LogP contribution in [0.3, 0.4) is 0 Å². The number of aliphatic hydroxyl groups is 1. The maximum absolute atomic E-state index is 10.4. The van der Waals surface area contributed by atoms with E-state index in [2.05, 4.69) is 17.3 Å². The second-order valence-corrected chi connectivity index (χ2v) is 4.90. The van der Waals surface area contributed by atoms with Gasteiger partial charge in [-0.1, -0.05) is 0 Å². The molecule has 0 saturated carbocycles. The molecule has 2 aliphatic heterocycles. The number of rotatable bonds is 3. The van der Waals surface area contributed by atoms with Gasteiger partial charge >= 0.3 is 0 Å². The van der Waals surface area contributed by atoms with Gasteiger partial charge in [-0.25, -0.2) is 0 Å². The SMILES string of the molecule is CN(CC1(O)CCOCC1)C1CCNC1. The highest BCUT2D eigenvalue weighted by Crippen LogP contribution is 2.22. The lowest BCUT2D eigenvalue weighted by atomic mass is 9.93. The largest absolute Gasteiger partial charge is 0.388 e. The Morgan fingerprint density at radius 3 is 2.80 bits per heavy atom. The van der Waals surface area contributed by atoms with E-state index < -0.39 is 5.60 Å². The van der Waals surface area contributed by atoms with Crippen molar-refractivity contribution in [3.8, 4) is 0 Å². The quantitative estimate of drug-likeness (QED) is 0.684. The van der Waals surface area contributed by atoms with Gasteiger partial charge in [0.2, 0.25) is 0 Å². The highest BCUT2D eigenvalue weighted by Gasteiger charge is 2.33. The molecule has 15 heavy (non-hydrogen) atoms. The molecule has 0 bridgehead atoms. The number of nitrogens with one attached hydrogen (secondary N) is 1. The highest BCUT2D eigenvalue weighted by molar-refractivity contribution is 4.88. The Hall–Kier alpha value is -0.160. The molecule has 88 valence electrons. The van der Waals surface area contributed by atoms with E-state index in [1.807, 2.05) is 0 Å². The van der Waals surface area contributed by atoms with Crippen LogP contribution in [0, 0.1) is 0 Å². The molecule has 0 aromatic carbocycles. The first kappa shape index (κ1) is 11.3. The van der Waals surface area contributed by atoms with Gasteiger partial charge in [0, 0.05) is 45.2 Å². The van der Waals surface area contributed by atoms with Crippen molar-refractivity contribution < 1.29 is 9.84 Å². The minimum atomic E-state index is -0.518. The van der Waals surface area contributed by atoms with Gasteiger partial charge in [0.1, 0.15) is 0 Å². The molecule has 4 nitrogen and oxygen atoms in total. The topological polar surface area (TPSA) is 44.7 Å². The molecule has 0 aliphatic carbocycles. The molecule has 2 saturated heterocycles. The Bertz CT molecular complexity index is 199. The molecule has 0 amide bonds. The summed E-state index contributed by atoms with van der Waals surface area (Å²) in [6.07, 6.45) is 2.75. The van der Waals surface area contributed by atoms with E-state index in [1.54, 1.807) is 0 Å². The maximum Gasteiger partial charge on any atom is 0.0817 e. The summed E-state index contributed by atoms with van der Waals surface area (Å²) in [5.74, 6) is 0. The first-order chi connectivity index (χ1) is 7.20. The lowest BCUT2D eigenvalue weighted by molar-refractivity contribution is -0.0805. The normalized spacial score (nSPS) is 31.0. The average Bonchev–Trinajstić information content (AvgIpc) is 2.70. The van der Waals surface area contributed by atoms with Gasteiger partial charge < -0.3 is 15.2 Å². The van der Waals surface area contributed by atoms with Crippen LogP contribution in [-0.2, 0) is 4.74 Å². The minimum Gasteiger partial charge on any atom is -0.388 e. The fourth-order valence-corrected chi connectivity index (χ4v) is 2.52. The molecule has 2 N–H and O–H groups in total. The lowest BCUT2D eigenvalue weighted by Gasteiger charge is -2.37. The maximum atomic E-state index is 10.4. The van der Waals surface area contributed by atoms with Crippen molar-refractivity contribution in [2.45, 2.75) is 30.9 Å². The minimum absolute atomic E-state index is 0.518. The second kappa shape index (κ2) is 4.78. The van der Waals surface area contributed by atoms with Crippen molar-refractivity contribution in [1.29, 1.82) is 0 Å². The van der Waals surface area contributed by atoms with Crippen LogP contribution in [0.4, 0.5) is 0 Å². The first-order valence-electron chi connectivity index (χ1n) is 5.91. The van der Waals surface area contributed by atoms with E-state index in [4.69, 9.17) is 4.74 Å². The Balaban J connectivity index is 1.83. The van der Waals surface area contributed by atoms with Crippen LogP contribution in [0.15, 0.2) is 0 Å². The monoisotopic (exact) mass is 214 g/mol. The molecule has 2 rings (SSSR count).